The summed E-state index contributed by atoms with van der Waals surface area (Å²) in [6.07, 6.45) is 2.04. The number of carbonyl (C=O) groups excluding carboxylic acids is 1. The number of aromatic nitrogens is 1. The quantitative estimate of drug-likeness (QED) is 0.807. The fraction of sp³-hybridized carbons (Fsp3) is 0.368. The van der Waals surface area contributed by atoms with E-state index in [0.717, 1.165) is 50.8 Å². The molecule has 1 saturated heterocycles. The summed E-state index contributed by atoms with van der Waals surface area (Å²) in [6, 6.07) is 13.4. The smallest absolute Gasteiger partial charge is 0.228 e. The van der Waals surface area contributed by atoms with E-state index >= 15 is 0 Å². The average molecular weight is 340 g/mol. The van der Waals surface area contributed by atoms with Crippen molar-refractivity contribution in [2.75, 3.05) is 50.0 Å². The highest BCUT2D eigenvalue weighted by Crippen LogP contribution is 2.10. The number of rotatable bonds is 7. The van der Waals surface area contributed by atoms with Crippen molar-refractivity contribution in [1.82, 2.24) is 9.88 Å². The maximum Gasteiger partial charge on any atom is 0.228 e. The van der Waals surface area contributed by atoms with Crippen LogP contribution in [0.4, 0.5) is 11.5 Å². The zero-order valence-corrected chi connectivity index (χ0v) is 14.3. The average Bonchev–Trinajstić information content (AvgIpc) is 2.65. The van der Waals surface area contributed by atoms with E-state index in [2.05, 4.69) is 20.5 Å². The molecular weight excluding hydrogens is 316 g/mol. The van der Waals surface area contributed by atoms with Crippen LogP contribution in [0.3, 0.4) is 0 Å². The lowest BCUT2D eigenvalue weighted by molar-refractivity contribution is -0.115. The Morgan fingerprint density at radius 2 is 1.92 bits per heavy atom. The summed E-state index contributed by atoms with van der Waals surface area (Å²) in [5, 5.41) is 6.18. The Labute approximate surface area is 148 Å². The van der Waals surface area contributed by atoms with Crippen LogP contribution >= 0.6 is 0 Å². The van der Waals surface area contributed by atoms with Crippen LogP contribution < -0.4 is 10.6 Å². The third-order valence-electron chi connectivity index (χ3n) is 4.09. The van der Waals surface area contributed by atoms with Gasteiger partial charge in [-0.05, 0) is 17.7 Å². The molecule has 0 radical (unpaired) electrons. The predicted molar refractivity (Wildman–Crippen MR) is 98.8 cm³/mol. The first-order valence-corrected chi connectivity index (χ1v) is 8.63. The van der Waals surface area contributed by atoms with Gasteiger partial charge in [-0.1, -0.05) is 30.3 Å². The van der Waals surface area contributed by atoms with Crippen LogP contribution in [0.15, 0.2) is 48.7 Å². The fourth-order valence-electron chi connectivity index (χ4n) is 2.73. The predicted octanol–water partition coefficient (Wildman–Crippen LogP) is 2.01. The molecule has 2 aromatic rings. The number of nitrogens with one attached hydrogen (secondary N) is 2. The number of morpholine rings is 1. The number of anilines is 2. The summed E-state index contributed by atoms with van der Waals surface area (Å²) in [6.45, 7) is 5.42. The number of pyridine rings is 1. The van der Waals surface area contributed by atoms with Crippen molar-refractivity contribution in [2.24, 2.45) is 0 Å². The molecule has 6 nitrogen and oxygen atoms in total. The van der Waals surface area contributed by atoms with Crippen molar-refractivity contribution in [3.63, 3.8) is 0 Å². The molecule has 0 saturated carbocycles. The molecule has 0 aliphatic carbocycles. The van der Waals surface area contributed by atoms with Crippen LogP contribution in [0.5, 0.6) is 0 Å². The Hall–Kier alpha value is -2.44. The minimum Gasteiger partial charge on any atom is -0.379 e. The monoisotopic (exact) mass is 340 g/mol. The molecular formula is C19H24N4O2. The number of nitrogens with zero attached hydrogens (tertiary/aromatic N) is 2. The van der Waals surface area contributed by atoms with Crippen LogP contribution in [0.25, 0.3) is 0 Å². The maximum absolute atomic E-state index is 12.0. The lowest BCUT2D eigenvalue weighted by Gasteiger charge is -2.26. The van der Waals surface area contributed by atoms with E-state index in [1.807, 2.05) is 42.5 Å². The van der Waals surface area contributed by atoms with Gasteiger partial charge < -0.3 is 15.4 Å². The Kier molecular flexibility index (Phi) is 6.36. The minimum absolute atomic E-state index is 0.0407. The second-order valence-corrected chi connectivity index (χ2v) is 6.02. The van der Waals surface area contributed by atoms with Gasteiger partial charge in [0.1, 0.15) is 5.82 Å². The Bertz CT molecular complexity index is 655. The molecule has 6 heteroatoms. The number of hydrogen-bond acceptors (Lipinski definition) is 5. The molecule has 1 aliphatic heterocycles. The third kappa shape index (κ3) is 5.85. The normalized spacial score (nSPS) is 14.9. The molecule has 2 heterocycles. The van der Waals surface area contributed by atoms with Crippen LogP contribution in [-0.4, -0.2) is 55.2 Å². The summed E-state index contributed by atoms with van der Waals surface area (Å²) in [5.41, 5.74) is 1.70. The SMILES string of the molecule is O=C(Cc1ccccc1)Nc1ccc(NCCN2CCOCC2)nc1. The van der Waals surface area contributed by atoms with E-state index in [1.54, 1.807) is 6.20 Å². The van der Waals surface area contributed by atoms with Gasteiger partial charge in [-0.25, -0.2) is 4.98 Å². The van der Waals surface area contributed by atoms with Gasteiger partial charge in [0.15, 0.2) is 0 Å². The summed E-state index contributed by atoms with van der Waals surface area (Å²) in [7, 11) is 0. The molecule has 1 amide bonds. The Morgan fingerprint density at radius 1 is 1.12 bits per heavy atom. The number of amides is 1. The van der Waals surface area contributed by atoms with Crippen molar-refractivity contribution < 1.29 is 9.53 Å². The van der Waals surface area contributed by atoms with E-state index < -0.39 is 0 Å². The number of benzene rings is 1. The fourth-order valence-corrected chi connectivity index (χ4v) is 2.73. The summed E-state index contributed by atoms with van der Waals surface area (Å²) >= 11 is 0. The second-order valence-electron chi connectivity index (χ2n) is 6.02. The van der Waals surface area contributed by atoms with Gasteiger partial charge >= 0.3 is 0 Å². The van der Waals surface area contributed by atoms with E-state index in [4.69, 9.17) is 4.74 Å². The molecule has 1 fully saturated rings. The summed E-state index contributed by atoms with van der Waals surface area (Å²) in [4.78, 5) is 18.8. The summed E-state index contributed by atoms with van der Waals surface area (Å²) in [5.74, 6) is 0.773. The number of hydrogen-bond donors (Lipinski definition) is 2. The maximum atomic E-state index is 12.0. The highest BCUT2D eigenvalue weighted by Gasteiger charge is 2.09. The minimum atomic E-state index is -0.0407. The van der Waals surface area contributed by atoms with Crippen molar-refractivity contribution in [2.45, 2.75) is 6.42 Å². The number of carbonyl (C=O) groups is 1. The lowest BCUT2D eigenvalue weighted by Crippen LogP contribution is -2.39. The van der Waals surface area contributed by atoms with Gasteiger partial charge in [0.2, 0.25) is 5.91 Å². The molecule has 3 rings (SSSR count). The molecule has 2 N–H and O–H groups in total. The molecule has 25 heavy (non-hydrogen) atoms. The van der Waals surface area contributed by atoms with E-state index in [-0.39, 0.29) is 5.91 Å². The summed E-state index contributed by atoms with van der Waals surface area (Å²) < 4.78 is 5.34. The molecule has 0 atom stereocenters. The van der Waals surface area contributed by atoms with Gasteiger partial charge in [0, 0.05) is 26.2 Å². The highest BCUT2D eigenvalue weighted by molar-refractivity contribution is 5.92. The first kappa shape index (κ1) is 17.4. The molecule has 0 bridgehead atoms. The zero-order chi connectivity index (χ0) is 17.3. The van der Waals surface area contributed by atoms with Gasteiger partial charge in [0.05, 0.1) is 31.5 Å². The van der Waals surface area contributed by atoms with Crippen molar-refractivity contribution in [1.29, 1.82) is 0 Å². The van der Waals surface area contributed by atoms with Crippen molar-refractivity contribution >= 4 is 17.4 Å². The van der Waals surface area contributed by atoms with Crippen LogP contribution in [0.2, 0.25) is 0 Å². The van der Waals surface area contributed by atoms with Crippen molar-refractivity contribution in [3.05, 3.63) is 54.2 Å². The molecule has 1 aromatic carbocycles. The Balaban J connectivity index is 1.41. The highest BCUT2D eigenvalue weighted by atomic mass is 16.5. The van der Waals surface area contributed by atoms with Crippen molar-refractivity contribution in [3.8, 4) is 0 Å². The zero-order valence-electron chi connectivity index (χ0n) is 14.3. The molecule has 1 aliphatic rings. The standard InChI is InChI=1S/C19H24N4O2/c24-19(14-16-4-2-1-3-5-16)22-17-6-7-18(21-15-17)20-8-9-23-10-12-25-13-11-23/h1-7,15H,8-14H2,(H,20,21)(H,22,24). The van der Waals surface area contributed by atoms with E-state index in [1.165, 1.54) is 0 Å². The van der Waals surface area contributed by atoms with Gasteiger partial charge in [-0.15, -0.1) is 0 Å². The molecule has 132 valence electrons. The van der Waals surface area contributed by atoms with Gasteiger partial charge in [-0.2, -0.15) is 0 Å². The first-order valence-electron chi connectivity index (χ1n) is 8.63. The van der Waals surface area contributed by atoms with Gasteiger partial charge in [0.25, 0.3) is 0 Å². The van der Waals surface area contributed by atoms with Crippen LogP contribution in [0, 0.1) is 0 Å². The van der Waals surface area contributed by atoms with E-state index in [9.17, 15) is 4.79 Å². The third-order valence-corrected chi connectivity index (χ3v) is 4.09. The first-order chi connectivity index (χ1) is 12.3. The number of ether oxygens (including phenoxy) is 1. The largest absolute Gasteiger partial charge is 0.379 e. The lowest BCUT2D eigenvalue weighted by atomic mass is 10.1. The van der Waals surface area contributed by atoms with Crippen LogP contribution in [0.1, 0.15) is 5.56 Å². The molecule has 0 spiro atoms. The van der Waals surface area contributed by atoms with E-state index in [0.29, 0.717) is 12.1 Å². The molecule has 0 unspecified atom stereocenters. The van der Waals surface area contributed by atoms with Gasteiger partial charge in [-0.3, -0.25) is 9.69 Å². The Morgan fingerprint density at radius 3 is 2.64 bits per heavy atom. The molecule has 1 aromatic heterocycles. The topological polar surface area (TPSA) is 66.5 Å². The second kappa shape index (κ2) is 9.15. The van der Waals surface area contributed by atoms with Crippen LogP contribution in [-0.2, 0) is 16.0 Å².